The van der Waals surface area contributed by atoms with Gasteiger partial charge in [0, 0.05) is 43.0 Å². The minimum Gasteiger partial charge on any atom is -0.497 e. The number of nitrogens with zero attached hydrogens (tertiary/aromatic N) is 4. The number of anilines is 1. The predicted molar refractivity (Wildman–Crippen MR) is 104 cm³/mol. The molecule has 0 aliphatic carbocycles. The minimum absolute atomic E-state index is 0.0192. The van der Waals surface area contributed by atoms with Crippen LogP contribution >= 0.6 is 0 Å². The largest absolute Gasteiger partial charge is 0.497 e. The fourth-order valence-corrected chi connectivity index (χ4v) is 2.72. The van der Waals surface area contributed by atoms with Crippen molar-refractivity contribution in [3.05, 3.63) is 76.0 Å². The molecule has 0 amide bonds. The van der Waals surface area contributed by atoms with E-state index >= 15 is 0 Å². The highest BCUT2D eigenvalue weighted by Crippen LogP contribution is 2.24. The summed E-state index contributed by atoms with van der Waals surface area (Å²) in [5, 5.41) is 11.0. The SMILES string of the molecule is COc1ccc(CN(C)c2cc(C)nc(-c3cccc([N+](=O)[O-])c3)n2)cc1. The molecule has 0 aliphatic rings. The van der Waals surface area contributed by atoms with E-state index in [2.05, 4.69) is 9.97 Å². The number of rotatable bonds is 6. The van der Waals surface area contributed by atoms with Crippen molar-refractivity contribution in [2.24, 2.45) is 0 Å². The second-order valence-corrected chi connectivity index (χ2v) is 6.20. The van der Waals surface area contributed by atoms with E-state index in [0.29, 0.717) is 17.9 Å². The molecule has 7 nitrogen and oxygen atoms in total. The van der Waals surface area contributed by atoms with Gasteiger partial charge in [-0.15, -0.1) is 0 Å². The Balaban J connectivity index is 1.88. The second-order valence-electron chi connectivity index (χ2n) is 6.20. The van der Waals surface area contributed by atoms with E-state index < -0.39 is 4.92 Å². The number of aromatic nitrogens is 2. The van der Waals surface area contributed by atoms with Crippen LogP contribution in [0.1, 0.15) is 11.3 Å². The number of hydrogen-bond donors (Lipinski definition) is 0. The van der Waals surface area contributed by atoms with Gasteiger partial charge in [0.15, 0.2) is 5.82 Å². The van der Waals surface area contributed by atoms with E-state index in [-0.39, 0.29) is 5.69 Å². The van der Waals surface area contributed by atoms with Crippen LogP contribution in [0.15, 0.2) is 54.6 Å². The lowest BCUT2D eigenvalue weighted by Gasteiger charge is -2.19. The first-order chi connectivity index (χ1) is 13.0. The van der Waals surface area contributed by atoms with Crippen molar-refractivity contribution in [1.29, 1.82) is 0 Å². The molecule has 3 aromatic rings. The maximum atomic E-state index is 11.0. The summed E-state index contributed by atoms with van der Waals surface area (Å²) in [6.45, 7) is 2.54. The Morgan fingerprint density at radius 1 is 1.11 bits per heavy atom. The Labute approximate surface area is 157 Å². The van der Waals surface area contributed by atoms with Crippen LogP contribution in [0.3, 0.4) is 0 Å². The Morgan fingerprint density at radius 3 is 2.52 bits per heavy atom. The molecular formula is C20H20N4O3. The summed E-state index contributed by atoms with van der Waals surface area (Å²) in [5.74, 6) is 2.03. The van der Waals surface area contributed by atoms with Crippen LogP contribution in [0.4, 0.5) is 11.5 Å². The summed E-state index contributed by atoms with van der Waals surface area (Å²) in [5.41, 5.74) is 2.55. The van der Waals surface area contributed by atoms with E-state index in [1.165, 1.54) is 12.1 Å². The second kappa shape index (κ2) is 7.82. The van der Waals surface area contributed by atoms with Crippen LogP contribution in [0, 0.1) is 17.0 Å². The highest BCUT2D eigenvalue weighted by Gasteiger charge is 2.12. The summed E-state index contributed by atoms with van der Waals surface area (Å²) in [7, 11) is 3.59. The molecule has 0 saturated carbocycles. The van der Waals surface area contributed by atoms with Crippen molar-refractivity contribution in [2.45, 2.75) is 13.5 Å². The molecule has 2 aromatic carbocycles. The van der Waals surface area contributed by atoms with E-state index in [9.17, 15) is 10.1 Å². The molecule has 0 N–H and O–H groups in total. The van der Waals surface area contributed by atoms with Gasteiger partial charge >= 0.3 is 0 Å². The van der Waals surface area contributed by atoms with Crippen molar-refractivity contribution < 1.29 is 9.66 Å². The van der Waals surface area contributed by atoms with Gasteiger partial charge in [-0.3, -0.25) is 10.1 Å². The third kappa shape index (κ3) is 4.38. The number of ether oxygens (including phenoxy) is 1. The van der Waals surface area contributed by atoms with Gasteiger partial charge in [-0.2, -0.15) is 0 Å². The van der Waals surface area contributed by atoms with Crippen molar-refractivity contribution in [3.63, 3.8) is 0 Å². The molecule has 1 aromatic heterocycles. The lowest BCUT2D eigenvalue weighted by molar-refractivity contribution is -0.384. The van der Waals surface area contributed by atoms with Crippen LogP contribution in [0.25, 0.3) is 11.4 Å². The van der Waals surface area contributed by atoms with E-state index in [1.807, 2.05) is 49.2 Å². The van der Waals surface area contributed by atoms with Crippen molar-refractivity contribution in [2.75, 3.05) is 19.1 Å². The van der Waals surface area contributed by atoms with Gasteiger partial charge in [-0.1, -0.05) is 24.3 Å². The molecule has 0 unspecified atom stereocenters. The summed E-state index contributed by atoms with van der Waals surface area (Å²) in [6.07, 6.45) is 0. The molecular weight excluding hydrogens is 344 g/mol. The molecule has 1 heterocycles. The van der Waals surface area contributed by atoms with Crippen molar-refractivity contribution in [3.8, 4) is 17.1 Å². The summed E-state index contributed by atoms with van der Waals surface area (Å²) in [6, 6.07) is 16.1. The zero-order valence-electron chi connectivity index (χ0n) is 15.4. The maximum absolute atomic E-state index is 11.0. The van der Waals surface area contributed by atoms with Gasteiger partial charge in [-0.25, -0.2) is 9.97 Å². The zero-order valence-corrected chi connectivity index (χ0v) is 15.4. The maximum Gasteiger partial charge on any atom is 0.270 e. The van der Waals surface area contributed by atoms with E-state index in [1.54, 1.807) is 19.2 Å². The lowest BCUT2D eigenvalue weighted by Crippen LogP contribution is -2.18. The molecule has 0 fully saturated rings. The lowest BCUT2D eigenvalue weighted by atomic mass is 10.2. The first kappa shape index (κ1) is 18.3. The molecule has 27 heavy (non-hydrogen) atoms. The standard InChI is InChI=1S/C20H20N4O3/c1-14-11-19(23(2)13-15-7-9-18(27-3)10-8-15)22-20(21-14)16-5-4-6-17(12-16)24(25)26/h4-12H,13H2,1-3H3. The van der Waals surface area contributed by atoms with E-state index in [4.69, 9.17) is 4.74 Å². The van der Waals surface area contributed by atoms with Gasteiger partial charge in [-0.05, 0) is 24.6 Å². The first-order valence-electron chi connectivity index (χ1n) is 8.41. The molecule has 0 aliphatic heterocycles. The Bertz CT molecular complexity index is 958. The average Bonchev–Trinajstić information content (AvgIpc) is 2.68. The predicted octanol–water partition coefficient (Wildman–Crippen LogP) is 4.01. The van der Waals surface area contributed by atoms with Gasteiger partial charge in [0.2, 0.25) is 0 Å². The van der Waals surface area contributed by atoms with Crippen molar-refractivity contribution >= 4 is 11.5 Å². The molecule has 0 saturated heterocycles. The number of aryl methyl sites for hydroxylation is 1. The highest BCUT2D eigenvalue weighted by molar-refractivity contribution is 5.61. The number of nitro groups is 1. The van der Waals surface area contributed by atoms with Crippen LogP contribution in [0.5, 0.6) is 5.75 Å². The van der Waals surface area contributed by atoms with Gasteiger partial charge < -0.3 is 9.64 Å². The highest BCUT2D eigenvalue weighted by atomic mass is 16.6. The fourth-order valence-electron chi connectivity index (χ4n) is 2.72. The Hall–Kier alpha value is -3.48. The normalized spacial score (nSPS) is 10.5. The van der Waals surface area contributed by atoms with Crippen molar-refractivity contribution in [1.82, 2.24) is 9.97 Å². The summed E-state index contributed by atoms with van der Waals surface area (Å²) >= 11 is 0. The number of benzene rings is 2. The molecule has 3 rings (SSSR count). The number of non-ortho nitro benzene ring substituents is 1. The molecule has 0 spiro atoms. The molecule has 0 atom stereocenters. The average molecular weight is 364 g/mol. The monoisotopic (exact) mass is 364 g/mol. The number of nitro benzene ring substituents is 1. The third-order valence-corrected chi connectivity index (χ3v) is 4.13. The van der Waals surface area contributed by atoms with Gasteiger partial charge in [0.25, 0.3) is 5.69 Å². The summed E-state index contributed by atoms with van der Waals surface area (Å²) in [4.78, 5) is 21.7. The fraction of sp³-hybridized carbons (Fsp3) is 0.200. The number of methoxy groups -OCH3 is 1. The molecule has 7 heteroatoms. The zero-order chi connectivity index (χ0) is 19.4. The van der Waals surface area contributed by atoms with E-state index in [0.717, 1.165) is 22.8 Å². The summed E-state index contributed by atoms with van der Waals surface area (Å²) < 4.78 is 5.18. The van der Waals surface area contributed by atoms with Crippen LogP contribution < -0.4 is 9.64 Å². The van der Waals surface area contributed by atoms with Crippen LogP contribution in [-0.2, 0) is 6.54 Å². The smallest absolute Gasteiger partial charge is 0.270 e. The third-order valence-electron chi connectivity index (χ3n) is 4.13. The topological polar surface area (TPSA) is 81.4 Å². The molecule has 0 bridgehead atoms. The Kier molecular flexibility index (Phi) is 5.30. The van der Waals surface area contributed by atoms with Gasteiger partial charge in [0.1, 0.15) is 11.6 Å². The van der Waals surface area contributed by atoms with Gasteiger partial charge in [0.05, 0.1) is 12.0 Å². The number of hydrogen-bond acceptors (Lipinski definition) is 6. The first-order valence-corrected chi connectivity index (χ1v) is 8.41. The minimum atomic E-state index is -0.421. The Morgan fingerprint density at radius 2 is 1.85 bits per heavy atom. The molecule has 0 radical (unpaired) electrons. The molecule has 138 valence electrons. The van der Waals surface area contributed by atoms with Crippen LogP contribution in [0.2, 0.25) is 0 Å². The van der Waals surface area contributed by atoms with Crippen LogP contribution in [-0.4, -0.2) is 29.0 Å². The quantitative estimate of drug-likeness (QED) is 0.486.